The third-order valence-corrected chi connectivity index (χ3v) is 3.28. The number of fused-ring (bicyclic) bond motifs is 1. The first-order valence-corrected chi connectivity index (χ1v) is 6.22. The third-order valence-electron chi connectivity index (χ3n) is 2.73. The first kappa shape index (κ1) is 11.5. The van der Waals surface area contributed by atoms with E-state index in [1.54, 1.807) is 6.07 Å². The van der Waals surface area contributed by atoms with Crippen molar-refractivity contribution in [2.24, 2.45) is 0 Å². The molecule has 0 aliphatic heterocycles. The van der Waals surface area contributed by atoms with Crippen molar-refractivity contribution in [3.8, 4) is 0 Å². The van der Waals surface area contributed by atoms with E-state index in [4.69, 9.17) is 23.2 Å². The quantitative estimate of drug-likeness (QED) is 0.716. The van der Waals surface area contributed by atoms with Crippen molar-refractivity contribution in [3.05, 3.63) is 64.0 Å². The van der Waals surface area contributed by atoms with Crippen LogP contribution in [0.4, 0.5) is 0 Å². The second-order valence-corrected chi connectivity index (χ2v) is 4.81. The molecule has 3 nitrogen and oxygen atoms in total. The van der Waals surface area contributed by atoms with Gasteiger partial charge in [-0.25, -0.2) is 0 Å². The van der Waals surface area contributed by atoms with Gasteiger partial charge in [0.25, 0.3) is 0 Å². The molecule has 0 fully saturated rings. The van der Waals surface area contributed by atoms with Gasteiger partial charge < -0.3 is 0 Å². The topological polar surface area (TPSA) is 30.2 Å². The lowest BCUT2D eigenvalue weighted by atomic mass is 10.1. The molecule has 0 aliphatic rings. The van der Waals surface area contributed by atoms with E-state index in [1.807, 2.05) is 40.9 Å². The fourth-order valence-corrected chi connectivity index (χ4v) is 2.16. The maximum atomic E-state index is 6.05. The van der Waals surface area contributed by atoms with Crippen LogP contribution < -0.4 is 0 Å². The van der Waals surface area contributed by atoms with Gasteiger partial charge in [0, 0.05) is 17.6 Å². The van der Waals surface area contributed by atoms with Crippen LogP contribution in [0.1, 0.15) is 11.4 Å². The van der Waals surface area contributed by atoms with Gasteiger partial charge in [-0.3, -0.25) is 4.40 Å². The van der Waals surface area contributed by atoms with Crippen LogP contribution in [-0.4, -0.2) is 14.6 Å². The van der Waals surface area contributed by atoms with E-state index in [1.165, 1.54) is 0 Å². The molecule has 0 radical (unpaired) electrons. The van der Waals surface area contributed by atoms with Crippen LogP contribution in [-0.2, 0) is 6.42 Å². The molecule has 0 atom stereocenters. The van der Waals surface area contributed by atoms with Gasteiger partial charge in [0.1, 0.15) is 5.82 Å². The molecule has 0 N–H and O–H groups in total. The SMILES string of the molecule is Clc1ccc(Cc2nnc3c(Cl)cccn23)cc1. The first-order chi connectivity index (χ1) is 8.74. The lowest BCUT2D eigenvalue weighted by Gasteiger charge is -2.01. The van der Waals surface area contributed by atoms with Gasteiger partial charge in [-0.2, -0.15) is 0 Å². The molecule has 0 saturated heterocycles. The summed E-state index contributed by atoms with van der Waals surface area (Å²) in [5, 5.41) is 9.59. The smallest absolute Gasteiger partial charge is 0.179 e. The van der Waals surface area contributed by atoms with E-state index in [-0.39, 0.29) is 0 Å². The highest BCUT2D eigenvalue weighted by Crippen LogP contribution is 2.17. The van der Waals surface area contributed by atoms with Crippen molar-refractivity contribution in [3.63, 3.8) is 0 Å². The summed E-state index contributed by atoms with van der Waals surface area (Å²) in [7, 11) is 0. The van der Waals surface area contributed by atoms with Crippen LogP contribution in [0.2, 0.25) is 10.0 Å². The monoisotopic (exact) mass is 277 g/mol. The number of hydrogen-bond donors (Lipinski definition) is 0. The molecule has 18 heavy (non-hydrogen) atoms. The van der Waals surface area contributed by atoms with Crippen molar-refractivity contribution in [1.82, 2.24) is 14.6 Å². The van der Waals surface area contributed by atoms with E-state index < -0.39 is 0 Å². The summed E-state index contributed by atoms with van der Waals surface area (Å²) in [6, 6.07) is 11.4. The molecule has 0 saturated carbocycles. The van der Waals surface area contributed by atoms with Crippen molar-refractivity contribution in [2.75, 3.05) is 0 Å². The van der Waals surface area contributed by atoms with Crippen molar-refractivity contribution in [2.45, 2.75) is 6.42 Å². The lowest BCUT2D eigenvalue weighted by Crippen LogP contribution is -1.96. The molecule has 5 heteroatoms. The largest absolute Gasteiger partial charge is 0.285 e. The van der Waals surface area contributed by atoms with Gasteiger partial charge in [-0.05, 0) is 29.8 Å². The number of rotatable bonds is 2. The van der Waals surface area contributed by atoms with E-state index in [2.05, 4.69) is 10.2 Å². The highest BCUT2D eigenvalue weighted by molar-refractivity contribution is 6.33. The third kappa shape index (κ3) is 2.07. The molecule has 3 aromatic rings. The molecule has 0 unspecified atom stereocenters. The van der Waals surface area contributed by atoms with Gasteiger partial charge in [0.05, 0.1) is 5.02 Å². The number of halogens is 2. The van der Waals surface area contributed by atoms with Crippen LogP contribution in [0.15, 0.2) is 42.6 Å². The van der Waals surface area contributed by atoms with Gasteiger partial charge in [0.15, 0.2) is 5.65 Å². The summed E-state index contributed by atoms with van der Waals surface area (Å²) < 4.78 is 1.90. The van der Waals surface area contributed by atoms with Crippen molar-refractivity contribution < 1.29 is 0 Å². The number of hydrogen-bond acceptors (Lipinski definition) is 2. The Labute approximate surface area is 114 Å². The zero-order valence-corrected chi connectivity index (χ0v) is 10.9. The minimum atomic E-state index is 0.604. The summed E-state index contributed by atoms with van der Waals surface area (Å²) in [6.45, 7) is 0. The Morgan fingerprint density at radius 3 is 2.56 bits per heavy atom. The minimum Gasteiger partial charge on any atom is -0.285 e. The Morgan fingerprint density at radius 1 is 1.00 bits per heavy atom. The fourth-order valence-electron chi connectivity index (χ4n) is 1.84. The number of nitrogens with zero attached hydrogens (tertiary/aromatic N) is 3. The molecular weight excluding hydrogens is 269 g/mol. The Kier molecular flexibility index (Phi) is 2.94. The predicted octanol–water partition coefficient (Wildman–Crippen LogP) is 3.63. The van der Waals surface area contributed by atoms with Gasteiger partial charge in [0.2, 0.25) is 0 Å². The summed E-state index contributed by atoms with van der Waals surface area (Å²) in [5.41, 5.74) is 1.82. The molecule has 2 heterocycles. The van der Waals surface area contributed by atoms with Gasteiger partial charge in [-0.1, -0.05) is 35.3 Å². The standard InChI is InChI=1S/C13H9Cl2N3/c14-10-5-3-9(4-6-10)8-12-16-17-13-11(15)2-1-7-18(12)13/h1-7H,8H2. The van der Waals surface area contributed by atoms with Crippen molar-refractivity contribution in [1.29, 1.82) is 0 Å². The average Bonchev–Trinajstić information content (AvgIpc) is 2.77. The zero-order chi connectivity index (χ0) is 12.5. The minimum absolute atomic E-state index is 0.604. The Hall–Kier alpha value is -1.58. The molecule has 3 rings (SSSR count). The molecule has 0 spiro atoms. The first-order valence-electron chi connectivity index (χ1n) is 5.46. The van der Waals surface area contributed by atoms with Crippen LogP contribution in [0.3, 0.4) is 0 Å². The van der Waals surface area contributed by atoms with Gasteiger partial charge >= 0.3 is 0 Å². The van der Waals surface area contributed by atoms with Crippen LogP contribution in [0, 0.1) is 0 Å². The Morgan fingerprint density at radius 2 is 1.78 bits per heavy atom. The molecule has 1 aromatic carbocycles. The molecular formula is C13H9Cl2N3. The Bertz CT molecular complexity index is 689. The van der Waals surface area contributed by atoms with E-state index in [9.17, 15) is 0 Å². The lowest BCUT2D eigenvalue weighted by molar-refractivity contribution is 0.934. The van der Waals surface area contributed by atoms with Gasteiger partial charge in [-0.15, -0.1) is 10.2 Å². The molecule has 0 bridgehead atoms. The van der Waals surface area contributed by atoms with E-state index in [0.29, 0.717) is 17.1 Å². The summed E-state index contributed by atoms with van der Waals surface area (Å²) in [4.78, 5) is 0. The summed E-state index contributed by atoms with van der Waals surface area (Å²) >= 11 is 11.9. The van der Waals surface area contributed by atoms with Crippen LogP contribution in [0.25, 0.3) is 5.65 Å². The fraction of sp³-hybridized carbons (Fsp3) is 0.0769. The van der Waals surface area contributed by atoms with Crippen LogP contribution >= 0.6 is 23.2 Å². The van der Waals surface area contributed by atoms with Crippen molar-refractivity contribution >= 4 is 28.8 Å². The number of benzene rings is 1. The molecule has 2 aromatic heterocycles. The summed E-state index contributed by atoms with van der Waals surface area (Å²) in [5.74, 6) is 0.856. The highest BCUT2D eigenvalue weighted by Gasteiger charge is 2.08. The Balaban J connectivity index is 2.00. The van der Waals surface area contributed by atoms with Crippen LogP contribution in [0.5, 0.6) is 0 Å². The summed E-state index contributed by atoms with van der Waals surface area (Å²) in [6.07, 6.45) is 2.60. The number of aromatic nitrogens is 3. The predicted molar refractivity (Wildman–Crippen MR) is 72.3 cm³/mol. The zero-order valence-electron chi connectivity index (χ0n) is 9.35. The second-order valence-electron chi connectivity index (χ2n) is 3.97. The molecule has 0 amide bonds. The average molecular weight is 278 g/mol. The van der Waals surface area contributed by atoms with E-state index in [0.717, 1.165) is 16.4 Å². The maximum absolute atomic E-state index is 6.05. The molecule has 90 valence electrons. The normalized spacial score (nSPS) is 11.0. The van der Waals surface area contributed by atoms with E-state index >= 15 is 0 Å². The highest BCUT2D eigenvalue weighted by atomic mass is 35.5. The maximum Gasteiger partial charge on any atom is 0.179 e. The molecule has 0 aliphatic carbocycles. The second kappa shape index (κ2) is 4.59. The number of pyridine rings is 1.